The molecule has 0 heterocycles. The molecule has 0 amide bonds. The molecule has 4 heteroatoms. The molecule has 0 aliphatic rings. The summed E-state index contributed by atoms with van der Waals surface area (Å²) in [5, 5.41) is 9.35. The molecule has 0 saturated carbocycles. The van der Waals surface area contributed by atoms with Gasteiger partial charge in [-0.2, -0.15) is 0 Å². The molecule has 16 heavy (non-hydrogen) atoms. The highest BCUT2D eigenvalue weighted by atomic mass is 16.9. The molecule has 0 rings (SSSR count). The van der Waals surface area contributed by atoms with E-state index in [0.717, 1.165) is 25.7 Å². The van der Waals surface area contributed by atoms with E-state index in [-0.39, 0.29) is 5.92 Å². The van der Waals surface area contributed by atoms with Crippen LogP contribution in [0.2, 0.25) is 0 Å². The zero-order valence-corrected chi connectivity index (χ0v) is 11.1. The lowest BCUT2D eigenvalue weighted by Crippen LogP contribution is -2.36. The lowest BCUT2D eigenvalue weighted by atomic mass is 10.0. The molecule has 1 N–H and O–H groups in total. The average molecular weight is 230 g/mol. The Balaban J connectivity index is 4.28. The number of nitrogens with one attached hydrogen (secondary N) is 1. The summed E-state index contributed by atoms with van der Waals surface area (Å²) >= 11 is 0. The Hall–Kier alpha value is -0.610. The van der Waals surface area contributed by atoms with Crippen molar-refractivity contribution in [3.8, 4) is 0 Å². The Morgan fingerprint density at radius 1 is 1.00 bits per heavy atom. The molecular weight excluding hydrogens is 204 g/mol. The molecule has 0 radical (unpaired) electrons. The van der Waals surface area contributed by atoms with Crippen LogP contribution in [-0.4, -0.2) is 24.3 Å². The second-order valence-electron chi connectivity index (χ2n) is 3.82. The topological polar surface area (TPSA) is 45.6 Å². The number of amidine groups is 1. The zero-order chi connectivity index (χ0) is 12.4. The summed E-state index contributed by atoms with van der Waals surface area (Å²) < 4.78 is 0. The first-order valence-corrected chi connectivity index (χ1v) is 6.35. The predicted molar refractivity (Wildman–Crippen MR) is 66.1 cm³/mol. The Kier molecular flexibility index (Phi) is 9.24. The van der Waals surface area contributed by atoms with E-state index in [9.17, 15) is 0 Å². The van der Waals surface area contributed by atoms with Crippen LogP contribution >= 0.6 is 0 Å². The van der Waals surface area contributed by atoms with Crippen LogP contribution in [-0.2, 0) is 9.68 Å². The number of hydrogen-bond acceptors (Lipinski definition) is 3. The Bertz CT molecular complexity index is 174. The highest BCUT2D eigenvalue weighted by Gasteiger charge is 2.19. The molecule has 0 aromatic heterocycles. The third-order valence-corrected chi connectivity index (χ3v) is 2.39. The van der Waals surface area contributed by atoms with Gasteiger partial charge in [-0.25, -0.2) is 9.68 Å². The third kappa shape index (κ3) is 5.47. The fourth-order valence-corrected chi connectivity index (χ4v) is 1.35. The van der Waals surface area contributed by atoms with Crippen molar-refractivity contribution in [2.75, 3.05) is 13.2 Å². The molecule has 0 saturated heterocycles. The molecule has 4 nitrogen and oxygen atoms in total. The van der Waals surface area contributed by atoms with Crippen LogP contribution in [0, 0.1) is 11.3 Å². The SMILES string of the molecule is CCCON(OCCC)C(=N)C(CC)CC. The second-order valence-corrected chi connectivity index (χ2v) is 3.82. The quantitative estimate of drug-likeness (QED) is 0.375. The van der Waals surface area contributed by atoms with Gasteiger partial charge in [0.05, 0.1) is 13.2 Å². The minimum absolute atomic E-state index is 0.216. The highest BCUT2D eigenvalue weighted by molar-refractivity contribution is 5.79. The summed E-state index contributed by atoms with van der Waals surface area (Å²) in [6.07, 6.45) is 3.72. The summed E-state index contributed by atoms with van der Waals surface area (Å²) in [6.45, 7) is 9.43. The van der Waals surface area contributed by atoms with Gasteiger partial charge in [0, 0.05) is 5.92 Å². The minimum Gasteiger partial charge on any atom is -0.284 e. The van der Waals surface area contributed by atoms with E-state index in [0.29, 0.717) is 19.0 Å². The van der Waals surface area contributed by atoms with E-state index in [1.54, 1.807) is 0 Å². The van der Waals surface area contributed by atoms with Crippen molar-refractivity contribution in [2.45, 2.75) is 53.4 Å². The summed E-state index contributed by atoms with van der Waals surface area (Å²) in [4.78, 5) is 10.9. The first-order chi connectivity index (χ1) is 7.71. The molecule has 0 aliphatic carbocycles. The van der Waals surface area contributed by atoms with Gasteiger partial charge in [0.2, 0.25) is 0 Å². The van der Waals surface area contributed by atoms with Crippen LogP contribution in [0.4, 0.5) is 0 Å². The molecule has 0 atom stereocenters. The molecule has 0 bridgehead atoms. The molecule has 0 unspecified atom stereocenters. The monoisotopic (exact) mass is 230 g/mol. The number of rotatable bonds is 9. The lowest BCUT2D eigenvalue weighted by Gasteiger charge is -2.26. The average Bonchev–Trinajstić information content (AvgIpc) is 2.30. The Labute approximate surface area is 99.3 Å². The molecule has 0 aromatic rings. The third-order valence-electron chi connectivity index (χ3n) is 2.39. The number of nitrogens with zero attached hydrogens (tertiary/aromatic N) is 1. The fourth-order valence-electron chi connectivity index (χ4n) is 1.35. The second kappa shape index (κ2) is 9.60. The normalized spacial score (nSPS) is 10.8. The van der Waals surface area contributed by atoms with Crippen molar-refractivity contribution in [1.82, 2.24) is 5.23 Å². The maximum atomic E-state index is 8.04. The van der Waals surface area contributed by atoms with E-state index < -0.39 is 0 Å². The molecule has 0 aromatic carbocycles. The van der Waals surface area contributed by atoms with Gasteiger partial charge >= 0.3 is 0 Å². The molecule has 0 aliphatic heterocycles. The van der Waals surface area contributed by atoms with Gasteiger partial charge in [0.1, 0.15) is 0 Å². The zero-order valence-electron chi connectivity index (χ0n) is 11.1. The van der Waals surface area contributed by atoms with Crippen molar-refractivity contribution in [3.63, 3.8) is 0 Å². The van der Waals surface area contributed by atoms with Gasteiger partial charge in [-0.3, -0.25) is 5.41 Å². The van der Waals surface area contributed by atoms with Gasteiger partial charge in [-0.05, 0) is 25.7 Å². The molecule has 0 spiro atoms. The van der Waals surface area contributed by atoms with Gasteiger partial charge in [0.25, 0.3) is 0 Å². The van der Waals surface area contributed by atoms with E-state index in [2.05, 4.69) is 13.8 Å². The maximum absolute atomic E-state index is 8.04. The van der Waals surface area contributed by atoms with E-state index in [1.165, 1.54) is 5.23 Å². The largest absolute Gasteiger partial charge is 0.284 e. The van der Waals surface area contributed by atoms with Crippen LogP contribution in [0.1, 0.15) is 53.4 Å². The van der Waals surface area contributed by atoms with Gasteiger partial charge < -0.3 is 0 Å². The predicted octanol–water partition coefficient (Wildman–Crippen LogP) is 3.39. The summed E-state index contributed by atoms with van der Waals surface area (Å²) in [5.41, 5.74) is 0. The van der Waals surface area contributed by atoms with E-state index in [4.69, 9.17) is 15.1 Å². The van der Waals surface area contributed by atoms with E-state index >= 15 is 0 Å². The fraction of sp³-hybridized carbons (Fsp3) is 0.917. The molecular formula is C12H26N2O2. The first-order valence-electron chi connectivity index (χ1n) is 6.35. The first kappa shape index (κ1) is 15.4. The van der Waals surface area contributed by atoms with Crippen LogP contribution in [0.5, 0.6) is 0 Å². The lowest BCUT2D eigenvalue weighted by molar-refractivity contribution is -0.319. The number of hydrogen-bond donors (Lipinski definition) is 1. The smallest absolute Gasteiger partial charge is 0.155 e. The van der Waals surface area contributed by atoms with Crippen LogP contribution in [0.25, 0.3) is 0 Å². The Morgan fingerprint density at radius 2 is 1.44 bits per heavy atom. The minimum atomic E-state index is 0.216. The van der Waals surface area contributed by atoms with Crippen molar-refractivity contribution >= 4 is 5.84 Å². The maximum Gasteiger partial charge on any atom is 0.155 e. The van der Waals surface area contributed by atoms with Crippen molar-refractivity contribution in [1.29, 1.82) is 5.41 Å². The van der Waals surface area contributed by atoms with Crippen LogP contribution in [0.15, 0.2) is 0 Å². The molecule has 0 fully saturated rings. The number of hydroxylamine groups is 2. The summed E-state index contributed by atoms with van der Waals surface area (Å²) in [7, 11) is 0. The van der Waals surface area contributed by atoms with Gasteiger partial charge in [-0.1, -0.05) is 27.7 Å². The summed E-state index contributed by atoms with van der Waals surface area (Å²) in [6, 6.07) is 0. The van der Waals surface area contributed by atoms with Gasteiger partial charge in [-0.15, -0.1) is 5.23 Å². The molecule has 96 valence electrons. The van der Waals surface area contributed by atoms with E-state index in [1.807, 2.05) is 13.8 Å². The standard InChI is InChI=1S/C12H26N2O2/c1-5-9-15-14(16-10-6-2)12(13)11(7-3)8-4/h11,13H,5-10H2,1-4H3. The Morgan fingerprint density at radius 3 is 1.75 bits per heavy atom. The van der Waals surface area contributed by atoms with Gasteiger partial charge in [0.15, 0.2) is 5.84 Å². The summed E-state index contributed by atoms with van der Waals surface area (Å²) in [5.74, 6) is 0.653. The van der Waals surface area contributed by atoms with Crippen molar-refractivity contribution in [2.24, 2.45) is 5.92 Å². The van der Waals surface area contributed by atoms with Crippen molar-refractivity contribution in [3.05, 3.63) is 0 Å². The van der Waals surface area contributed by atoms with Crippen LogP contribution in [0.3, 0.4) is 0 Å². The van der Waals surface area contributed by atoms with Crippen molar-refractivity contribution < 1.29 is 9.68 Å². The highest BCUT2D eigenvalue weighted by Crippen LogP contribution is 2.13. The van der Waals surface area contributed by atoms with Crippen LogP contribution < -0.4 is 0 Å².